The van der Waals surface area contributed by atoms with Crippen molar-refractivity contribution in [3.63, 3.8) is 0 Å². The maximum Gasteiger partial charge on any atom is 0.254 e. The second kappa shape index (κ2) is 5.75. The van der Waals surface area contributed by atoms with Crippen molar-refractivity contribution in [3.05, 3.63) is 18.0 Å². The summed E-state index contributed by atoms with van der Waals surface area (Å²) >= 11 is 0. The van der Waals surface area contributed by atoms with E-state index in [1.165, 1.54) is 0 Å². The van der Waals surface area contributed by atoms with Gasteiger partial charge in [-0.25, -0.2) is 9.97 Å². The minimum absolute atomic E-state index is 0.0603. The van der Waals surface area contributed by atoms with E-state index < -0.39 is 0 Å². The molecule has 1 aromatic heterocycles. The van der Waals surface area contributed by atoms with Crippen molar-refractivity contribution in [2.75, 3.05) is 37.6 Å². The van der Waals surface area contributed by atoms with E-state index in [9.17, 15) is 4.79 Å². The lowest BCUT2D eigenvalue weighted by molar-refractivity contribution is 0.0950. The van der Waals surface area contributed by atoms with Crippen LogP contribution in [0.15, 0.2) is 12.4 Å². The molecule has 0 aromatic carbocycles. The summed E-state index contributed by atoms with van der Waals surface area (Å²) in [4.78, 5) is 25.1. The Balaban J connectivity index is 1.59. The highest BCUT2D eigenvalue weighted by Crippen LogP contribution is 2.19. The van der Waals surface area contributed by atoms with Crippen LogP contribution in [0.2, 0.25) is 0 Å². The van der Waals surface area contributed by atoms with E-state index in [0.717, 1.165) is 51.5 Å². The molecule has 2 heterocycles. The summed E-state index contributed by atoms with van der Waals surface area (Å²) in [5, 5.41) is 2.94. The number of hydrogen-bond acceptors (Lipinski definition) is 5. The largest absolute Gasteiger partial charge is 0.349 e. The van der Waals surface area contributed by atoms with E-state index in [2.05, 4.69) is 32.0 Å². The number of rotatable bonds is 4. The zero-order chi connectivity index (χ0) is 13.9. The van der Waals surface area contributed by atoms with Gasteiger partial charge in [-0.3, -0.25) is 4.79 Å². The third kappa shape index (κ3) is 3.07. The van der Waals surface area contributed by atoms with Crippen molar-refractivity contribution in [1.29, 1.82) is 0 Å². The van der Waals surface area contributed by atoms with Gasteiger partial charge < -0.3 is 15.1 Å². The molecule has 1 saturated heterocycles. The molecule has 0 bridgehead atoms. The molecule has 1 aromatic rings. The Morgan fingerprint density at radius 3 is 2.45 bits per heavy atom. The lowest BCUT2D eigenvalue weighted by atomic mass is 10.3. The Labute approximate surface area is 119 Å². The summed E-state index contributed by atoms with van der Waals surface area (Å²) in [6, 6.07) is 0.365. The van der Waals surface area contributed by atoms with E-state index in [1.807, 2.05) is 0 Å². The predicted molar refractivity (Wildman–Crippen MR) is 76.8 cm³/mol. The van der Waals surface area contributed by atoms with Gasteiger partial charge >= 0.3 is 0 Å². The number of hydrogen-bond donors (Lipinski definition) is 1. The van der Waals surface area contributed by atoms with Crippen molar-refractivity contribution >= 4 is 11.9 Å². The zero-order valence-corrected chi connectivity index (χ0v) is 11.9. The first-order valence-corrected chi connectivity index (χ1v) is 7.36. The molecule has 0 atom stereocenters. The SMILES string of the molecule is CCN1CCN(c2ncc(C(=O)NC3CC3)cn2)CC1. The van der Waals surface area contributed by atoms with E-state index in [1.54, 1.807) is 12.4 Å². The van der Waals surface area contributed by atoms with E-state index in [-0.39, 0.29) is 5.91 Å². The molecule has 0 radical (unpaired) electrons. The highest BCUT2D eigenvalue weighted by Gasteiger charge is 2.24. The zero-order valence-electron chi connectivity index (χ0n) is 11.9. The van der Waals surface area contributed by atoms with Crippen molar-refractivity contribution in [2.45, 2.75) is 25.8 Å². The summed E-state index contributed by atoms with van der Waals surface area (Å²) in [5.74, 6) is 0.665. The first-order chi connectivity index (χ1) is 9.76. The average Bonchev–Trinajstić information content (AvgIpc) is 3.31. The van der Waals surface area contributed by atoms with Crippen LogP contribution in [0.5, 0.6) is 0 Å². The van der Waals surface area contributed by atoms with Crippen LogP contribution >= 0.6 is 0 Å². The fourth-order valence-corrected chi connectivity index (χ4v) is 2.36. The first-order valence-electron chi connectivity index (χ1n) is 7.36. The second-order valence-electron chi connectivity index (χ2n) is 5.44. The monoisotopic (exact) mass is 275 g/mol. The fraction of sp³-hybridized carbons (Fsp3) is 0.643. The van der Waals surface area contributed by atoms with E-state index in [0.29, 0.717) is 11.6 Å². The number of carbonyl (C=O) groups is 1. The first kappa shape index (κ1) is 13.3. The molecule has 0 spiro atoms. The van der Waals surface area contributed by atoms with Gasteiger partial charge in [0.2, 0.25) is 5.95 Å². The van der Waals surface area contributed by atoms with E-state index in [4.69, 9.17) is 0 Å². The molecule has 1 aliphatic heterocycles. The maximum absolute atomic E-state index is 11.9. The van der Waals surface area contributed by atoms with Gasteiger partial charge in [0, 0.05) is 44.6 Å². The van der Waals surface area contributed by atoms with Crippen molar-refractivity contribution < 1.29 is 4.79 Å². The average molecular weight is 275 g/mol. The Kier molecular flexibility index (Phi) is 3.82. The van der Waals surface area contributed by atoms with Crippen LogP contribution in [-0.2, 0) is 0 Å². The quantitative estimate of drug-likeness (QED) is 0.867. The van der Waals surface area contributed by atoms with E-state index >= 15 is 0 Å². The fourth-order valence-electron chi connectivity index (χ4n) is 2.36. The molecular weight excluding hydrogens is 254 g/mol. The number of aromatic nitrogens is 2. The molecule has 2 fully saturated rings. The van der Waals surface area contributed by atoms with Gasteiger partial charge in [-0.1, -0.05) is 6.92 Å². The van der Waals surface area contributed by atoms with Crippen molar-refractivity contribution in [3.8, 4) is 0 Å². The molecule has 20 heavy (non-hydrogen) atoms. The Bertz CT molecular complexity index is 463. The number of piperazine rings is 1. The number of carbonyl (C=O) groups excluding carboxylic acids is 1. The highest BCUT2D eigenvalue weighted by atomic mass is 16.1. The lowest BCUT2D eigenvalue weighted by Gasteiger charge is -2.33. The van der Waals surface area contributed by atoms with Gasteiger partial charge in [0.25, 0.3) is 5.91 Å². The normalized spacial score (nSPS) is 19.9. The van der Waals surface area contributed by atoms with Gasteiger partial charge in [0.05, 0.1) is 5.56 Å². The molecule has 1 N–H and O–H groups in total. The standard InChI is InChI=1S/C14H21N5O/c1-2-18-5-7-19(8-6-18)14-15-9-11(10-16-14)13(20)17-12-3-4-12/h9-10,12H,2-8H2,1H3,(H,17,20). The molecule has 1 aliphatic carbocycles. The predicted octanol–water partition coefficient (Wildman–Crippen LogP) is 0.511. The molecule has 6 nitrogen and oxygen atoms in total. The summed E-state index contributed by atoms with van der Waals surface area (Å²) in [6.07, 6.45) is 5.44. The second-order valence-corrected chi connectivity index (χ2v) is 5.44. The smallest absolute Gasteiger partial charge is 0.254 e. The molecular formula is C14H21N5O. The highest BCUT2D eigenvalue weighted by molar-refractivity contribution is 5.94. The summed E-state index contributed by atoms with van der Waals surface area (Å²) in [7, 11) is 0. The minimum atomic E-state index is -0.0603. The van der Waals surface area contributed by atoms with Crippen LogP contribution in [0.3, 0.4) is 0 Å². The lowest BCUT2D eigenvalue weighted by Crippen LogP contribution is -2.46. The van der Waals surface area contributed by atoms with Gasteiger partial charge in [0.15, 0.2) is 0 Å². The summed E-state index contributed by atoms with van der Waals surface area (Å²) < 4.78 is 0. The van der Waals surface area contributed by atoms with Crippen molar-refractivity contribution in [1.82, 2.24) is 20.2 Å². The van der Waals surface area contributed by atoms with Gasteiger partial charge in [0.1, 0.15) is 0 Å². The number of likely N-dealkylation sites (N-methyl/N-ethyl adjacent to an activating group) is 1. The molecule has 6 heteroatoms. The Morgan fingerprint density at radius 1 is 1.25 bits per heavy atom. The molecule has 1 saturated carbocycles. The van der Waals surface area contributed by atoms with Crippen LogP contribution in [0.25, 0.3) is 0 Å². The van der Waals surface area contributed by atoms with Crippen LogP contribution in [0.1, 0.15) is 30.1 Å². The van der Waals surface area contributed by atoms with Crippen LogP contribution in [-0.4, -0.2) is 59.5 Å². The third-order valence-electron chi connectivity index (χ3n) is 3.92. The molecule has 0 unspecified atom stereocenters. The number of nitrogens with zero attached hydrogens (tertiary/aromatic N) is 4. The molecule has 108 valence electrons. The van der Waals surface area contributed by atoms with Crippen LogP contribution < -0.4 is 10.2 Å². The number of anilines is 1. The molecule has 2 aliphatic rings. The number of nitrogens with one attached hydrogen (secondary N) is 1. The third-order valence-corrected chi connectivity index (χ3v) is 3.92. The van der Waals surface area contributed by atoms with Gasteiger partial charge in [-0.15, -0.1) is 0 Å². The minimum Gasteiger partial charge on any atom is -0.349 e. The van der Waals surface area contributed by atoms with Crippen LogP contribution in [0, 0.1) is 0 Å². The van der Waals surface area contributed by atoms with Gasteiger partial charge in [-0.2, -0.15) is 0 Å². The van der Waals surface area contributed by atoms with Crippen LogP contribution in [0.4, 0.5) is 5.95 Å². The molecule has 3 rings (SSSR count). The topological polar surface area (TPSA) is 61.4 Å². The Morgan fingerprint density at radius 2 is 1.90 bits per heavy atom. The number of amides is 1. The van der Waals surface area contributed by atoms with Crippen molar-refractivity contribution in [2.24, 2.45) is 0 Å². The molecule has 1 amide bonds. The summed E-state index contributed by atoms with van der Waals surface area (Å²) in [6.45, 7) is 7.25. The maximum atomic E-state index is 11.9. The van der Waals surface area contributed by atoms with Gasteiger partial charge in [-0.05, 0) is 19.4 Å². The Hall–Kier alpha value is -1.69. The summed E-state index contributed by atoms with van der Waals surface area (Å²) in [5.41, 5.74) is 0.549.